The number of phenolic OH excluding ortho intramolecular Hbond substituents is 1. The first-order valence-corrected chi connectivity index (χ1v) is 9.89. The number of hydrogen-bond acceptors (Lipinski definition) is 5. The summed E-state index contributed by atoms with van der Waals surface area (Å²) in [6, 6.07) is 6.60. The summed E-state index contributed by atoms with van der Waals surface area (Å²) in [6.45, 7) is 3.89. The molecule has 5 nitrogen and oxygen atoms in total. The summed E-state index contributed by atoms with van der Waals surface area (Å²) in [5.74, 6) is -0.0361. The van der Waals surface area contributed by atoms with Crippen molar-refractivity contribution >= 4 is 35.1 Å². The van der Waals surface area contributed by atoms with Crippen LogP contribution in [0.3, 0.4) is 0 Å². The summed E-state index contributed by atoms with van der Waals surface area (Å²) in [6.07, 6.45) is 5.25. The van der Waals surface area contributed by atoms with Crippen LogP contribution in [0.15, 0.2) is 42.0 Å². The van der Waals surface area contributed by atoms with Crippen LogP contribution >= 0.6 is 23.2 Å². The second kappa shape index (κ2) is 11.1. The number of rotatable bonds is 9. The van der Waals surface area contributed by atoms with Crippen molar-refractivity contribution in [2.45, 2.75) is 20.3 Å². The van der Waals surface area contributed by atoms with Crippen molar-refractivity contribution in [2.24, 2.45) is 0 Å². The van der Waals surface area contributed by atoms with Gasteiger partial charge in [-0.25, -0.2) is 0 Å². The molecule has 0 radical (unpaired) electrons. The molecule has 0 bridgehead atoms. The first-order chi connectivity index (χ1) is 14.3. The maximum atomic E-state index is 12.9. The van der Waals surface area contributed by atoms with Crippen LogP contribution in [0.1, 0.15) is 35.3 Å². The zero-order chi connectivity index (χ0) is 22.3. The Hall–Kier alpha value is -2.47. The van der Waals surface area contributed by atoms with Crippen molar-refractivity contribution in [3.8, 4) is 17.2 Å². The van der Waals surface area contributed by atoms with Gasteiger partial charge in [-0.15, -0.1) is 0 Å². The van der Waals surface area contributed by atoms with E-state index in [1.165, 1.54) is 20.3 Å². The molecule has 30 heavy (non-hydrogen) atoms. The van der Waals surface area contributed by atoms with Gasteiger partial charge in [0.25, 0.3) is 0 Å². The fraction of sp³-hybridized carbons (Fsp3) is 0.261. The Morgan fingerprint density at radius 3 is 2.43 bits per heavy atom. The molecule has 0 heterocycles. The molecule has 2 rings (SSSR count). The molecule has 0 saturated carbocycles. The van der Waals surface area contributed by atoms with Crippen LogP contribution in [-0.4, -0.2) is 31.9 Å². The number of benzene rings is 2. The lowest BCUT2D eigenvalue weighted by atomic mass is 9.99. The number of ketones is 1. The van der Waals surface area contributed by atoms with E-state index in [1.807, 2.05) is 19.9 Å². The topological polar surface area (TPSA) is 65.0 Å². The lowest BCUT2D eigenvalue weighted by Gasteiger charge is -2.17. The Bertz CT molecular complexity index is 976. The van der Waals surface area contributed by atoms with E-state index in [0.717, 1.165) is 5.57 Å². The third-order valence-corrected chi connectivity index (χ3v) is 4.95. The number of carbonyl (C=O) groups is 1. The number of phenols is 1. The number of hydrogen-bond donors (Lipinski definition) is 1. The van der Waals surface area contributed by atoms with Crippen molar-refractivity contribution in [3.05, 3.63) is 68.7 Å². The SMILES string of the molecule is COCOc1cc(OC)c(C(=O)C=Cc2ccc(Cl)c(Cl)c2)c(O)c1CC=C(C)C. The van der Waals surface area contributed by atoms with E-state index in [9.17, 15) is 9.90 Å². The van der Waals surface area contributed by atoms with Gasteiger partial charge in [0.1, 0.15) is 22.8 Å². The highest BCUT2D eigenvalue weighted by Crippen LogP contribution is 2.40. The van der Waals surface area contributed by atoms with Crippen molar-refractivity contribution in [3.63, 3.8) is 0 Å². The fourth-order valence-corrected chi connectivity index (χ4v) is 2.99. The van der Waals surface area contributed by atoms with Crippen molar-refractivity contribution in [1.82, 2.24) is 0 Å². The molecule has 0 saturated heterocycles. The van der Waals surface area contributed by atoms with Gasteiger partial charge in [0.15, 0.2) is 12.6 Å². The van der Waals surface area contributed by atoms with Crippen molar-refractivity contribution in [1.29, 1.82) is 0 Å². The summed E-state index contributed by atoms with van der Waals surface area (Å²) in [5, 5.41) is 11.7. The second-order valence-electron chi connectivity index (χ2n) is 6.69. The Morgan fingerprint density at radius 1 is 1.10 bits per heavy atom. The second-order valence-corrected chi connectivity index (χ2v) is 7.50. The molecular weight excluding hydrogens is 427 g/mol. The van der Waals surface area contributed by atoms with E-state index in [4.69, 9.17) is 37.4 Å². The Kier molecular flexibility index (Phi) is 8.78. The van der Waals surface area contributed by atoms with Crippen molar-refractivity contribution in [2.75, 3.05) is 21.0 Å². The predicted octanol–water partition coefficient (Wildman–Crippen LogP) is 6.10. The van der Waals surface area contributed by atoms with Crippen LogP contribution in [0.4, 0.5) is 0 Å². The van der Waals surface area contributed by atoms with E-state index in [0.29, 0.717) is 33.3 Å². The molecule has 0 aromatic heterocycles. The summed E-state index contributed by atoms with van der Waals surface area (Å²) >= 11 is 11.9. The maximum absolute atomic E-state index is 12.9. The van der Waals surface area contributed by atoms with E-state index >= 15 is 0 Å². The minimum Gasteiger partial charge on any atom is -0.507 e. The van der Waals surface area contributed by atoms with Crippen LogP contribution < -0.4 is 9.47 Å². The first-order valence-electron chi connectivity index (χ1n) is 9.13. The molecule has 0 aliphatic heterocycles. The lowest BCUT2D eigenvalue weighted by molar-refractivity contribution is 0.0502. The van der Waals surface area contributed by atoms with Gasteiger partial charge < -0.3 is 19.3 Å². The van der Waals surface area contributed by atoms with Gasteiger partial charge >= 0.3 is 0 Å². The minimum absolute atomic E-state index is 0.00502. The highest BCUT2D eigenvalue weighted by atomic mass is 35.5. The number of carbonyl (C=O) groups excluding carboxylic acids is 1. The molecule has 0 aliphatic rings. The monoisotopic (exact) mass is 450 g/mol. The standard InChI is InChI=1S/C23H24Cl2O5/c1-14(2)5-8-16-20(30-13-28-3)12-21(29-4)22(23(16)27)19(26)10-7-15-6-9-17(24)18(25)11-15/h5-7,9-12,27H,8,13H2,1-4H3. The molecule has 0 spiro atoms. The predicted molar refractivity (Wildman–Crippen MR) is 120 cm³/mol. The number of aromatic hydroxyl groups is 1. The number of allylic oxidation sites excluding steroid dienone is 3. The Morgan fingerprint density at radius 2 is 1.83 bits per heavy atom. The zero-order valence-electron chi connectivity index (χ0n) is 17.3. The summed E-state index contributed by atoms with van der Waals surface area (Å²) in [7, 11) is 2.92. The largest absolute Gasteiger partial charge is 0.507 e. The van der Waals surface area contributed by atoms with Crippen LogP contribution in [0.25, 0.3) is 6.08 Å². The average Bonchev–Trinajstić information content (AvgIpc) is 2.71. The highest BCUT2D eigenvalue weighted by molar-refractivity contribution is 6.42. The fourth-order valence-electron chi connectivity index (χ4n) is 2.69. The Balaban J connectivity index is 2.49. The van der Waals surface area contributed by atoms with E-state index in [1.54, 1.807) is 30.3 Å². The lowest BCUT2D eigenvalue weighted by Crippen LogP contribution is -2.07. The van der Waals surface area contributed by atoms with Gasteiger partial charge in [-0.2, -0.15) is 0 Å². The maximum Gasteiger partial charge on any atom is 0.193 e. The quantitative estimate of drug-likeness (QED) is 0.216. The summed E-state index contributed by atoms with van der Waals surface area (Å²) in [5.41, 5.74) is 2.28. The number of methoxy groups -OCH3 is 2. The molecule has 0 fully saturated rings. The molecule has 7 heteroatoms. The van der Waals surface area contributed by atoms with Gasteiger partial charge in [0.05, 0.1) is 17.2 Å². The van der Waals surface area contributed by atoms with Gasteiger partial charge in [0, 0.05) is 18.7 Å². The van der Waals surface area contributed by atoms with Gasteiger partial charge in [-0.1, -0.05) is 47.0 Å². The summed E-state index contributed by atoms with van der Waals surface area (Å²) < 4.78 is 15.9. The molecular formula is C23H24Cl2O5. The van der Waals surface area contributed by atoms with Crippen LogP contribution in [-0.2, 0) is 11.2 Å². The third-order valence-electron chi connectivity index (χ3n) is 4.21. The highest BCUT2D eigenvalue weighted by Gasteiger charge is 2.23. The average molecular weight is 451 g/mol. The van der Waals surface area contributed by atoms with Gasteiger partial charge in [-0.05, 0) is 44.0 Å². The molecule has 0 aliphatic carbocycles. The normalized spacial score (nSPS) is 10.9. The van der Waals surface area contributed by atoms with E-state index in [-0.39, 0.29) is 23.9 Å². The first kappa shape index (κ1) is 23.8. The molecule has 2 aromatic rings. The number of ether oxygens (including phenoxy) is 3. The Labute approximate surface area is 186 Å². The van der Waals surface area contributed by atoms with Crippen LogP contribution in [0, 0.1) is 0 Å². The van der Waals surface area contributed by atoms with Crippen molar-refractivity contribution < 1.29 is 24.1 Å². The molecule has 1 N–H and O–H groups in total. The van der Waals surface area contributed by atoms with Crippen LogP contribution in [0.2, 0.25) is 10.0 Å². The van der Waals surface area contributed by atoms with E-state index < -0.39 is 5.78 Å². The number of halogens is 2. The molecule has 0 amide bonds. The molecule has 0 atom stereocenters. The minimum atomic E-state index is -0.424. The summed E-state index contributed by atoms with van der Waals surface area (Å²) in [4.78, 5) is 12.9. The molecule has 2 aromatic carbocycles. The van der Waals surface area contributed by atoms with Crippen LogP contribution in [0.5, 0.6) is 17.2 Å². The zero-order valence-corrected chi connectivity index (χ0v) is 18.8. The van der Waals surface area contributed by atoms with Gasteiger partial charge in [-0.3, -0.25) is 4.79 Å². The molecule has 160 valence electrons. The van der Waals surface area contributed by atoms with E-state index in [2.05, 4.69) is 0 Å². The molecule has 0 unspecified atom stereocenters. The van der Waals surface area contributed by atoms with Gasteiger partial charge in [0.2, 0.25) is 0 Å². The third kappa shape index (κ3) is 6.02. The smallest absolute Gasteiger partial charge is 0.193 e.